The van der Waals surface area contributed by atoms with Gasteiger partial charge in [0, 0.05) is 11.6 Å². The predicted molar refractivity (Wildman–Crippen MR) is 72.1 cm³/mol. The molecule has 1 aromatic rings. The molecular formula is C15H14O5. The number of phenols is 1. The van der Waals surface area contributed by atoms with Crippen LogP contribution in [0.1, 0.15) is 10.4 Å². The van der Waals surface area contributed by atoms with E-state index >= 15 is 0 Å². The molecule has 1 aliphatic rings. The third-order valence-corrected chi connectivity index (χ3v) is 2.93. The lowest BCUT2D eigenvalue weighted by molar-refractivity contribution is -0.138. The third-order valence-electron chi connectivity index (χ3n) is 2.93. The number of benzene rings is 1. The highest BCUT2D eigenvalue weighted by Crippen LogP contribution is 2.25. The maximum Gasteiger partial charge on any atom is 0.196 e. The number of ketones is 1. The van der Waals surface area contributed by atoms with Gasteiger partial charge in [-0.15, -0.1) is 0 Å². The van der Waals surface area contributed by atoms with Gasteiger partial charge in [0.2, 0.25) is 0 Å². The second kappa shape index (κ2) is 5.32. The quantitative estimate of drug-likeness (QED) is 0.380. The lowest BCUT2D eigenvalue weighted by Gasteiger charge is -2.26. The monoisotopic (exact) mass is 274 g/mol. The molecule has 0 fully saturated rings. The summed E-state index contributed by atoms with van der Waals surface area (Å²) in [7, 11) is 0. The Morgan fingerprint density at radius 2 is 1.80 bits per heavy atom. The summed E-state index contributed by atoms with van der Waals surface area (Å²) in [6.45, 7) is 0. The van der Waals surface area contributed by atoms with Crippen molar-refractivity contribution in [2.24, 2.45) is 5.92 Å². The first-order valence-electron chi connectivity index (χ1n) is 5.95. The van der Waals surface area contributed by atoms with E-state index in [-0.39, 0.29) is 17.3 Å². The molecule has 1 unspecified atom stereocenters. The highest BCUT2D eigenvalue weighted by atomic mass is 16.5. The molecule has 0 aliphatic heterocycles. The number of aliphatic hydroxyl groups excluding tert-OH is 1. The Hall–Kier alpha value is -2.37. The molecule has 0 aromatic heterocycles. The third kappa shape index (κ3) is 3.14. The first-order chi connectivity index (χ1) is 9.38. The molecule has 0 spiro atoms. The Morgan fingerprint density at radius 1 is 1.15 bits per heavy atom. The number of phenolic OH excluding ortho intramolecular Hbond substituents is 1. The molecule has 1 aliphatic carbocycles. The molecule has 20 heavy (non-hydrogen) atoms. The average Bonchev–Trinajstić information content (AvgIpc) is 2.37. The predicted octanol–water partition coefficient (Wildman–Crippen LogP) is 1.44. The average molecular weight is 274 g/mol. The summed E-state index contributed by atoms with van der Waals surface area (Å²) in [5.41, 5.74) is 0.374. The van der Waals surface area contributed by atoms with Gasteiger partial charge in [0.05, 0.1) is 5.92 Å². The molecule has 0 saturated carbocycles. The van der Waals surface area contributed by atoms with Crippen LogP contribution in [-0.2, 0) is 0 Å². The molecule has 0 bridgehead atoms. The van der Waals surface area contributed by atoms with Crippen molar-refractivity contribution in [1.82, 2.24) is 0 Å². The summed E-state index contributed by atoms with van der Waals surface area (Å²) in [6.07, 6.45) is 6.17. The Labute approximate surface area is 115 Å². The van der Waals surface area contributed by atoms with Crippen molar-refractivity contribution in [3.63, 3.8) is 0 Å². The smallest absolute Gasteiger partial charge is 0.196 e. The first-order valence-corrected chi connectivity index (χ1v) is 5.95. The summed E-state index contributed by atoms with van der Waals surface area (Å²) in [5.74, 6) is -3.58. The fourth-order valence-electron chi connectivity index (χ4n) is 1.82. The molecule has 4 N–H and O–H groups in total. The summed E-state index contributed by atoms with van der Waals surface area (Å²) in [4.78, 5) is 11.9. The van der Waals surface area contributed by atoms with Gasteiger partial charge in [-0.05, 0) is 36.4 Å². The molecule has 0 radical (unpaired) electrons. The second-order valence-corrected chi connectivity index (χ2v) is 4.51. The minimum absolute atomic E-state index is 0.0612. The van der Waals surface area contributed by atoms with Crippen molar-refractivity contribution < 1.29 is 25.2 Å². The molecule has 104 valence electrons. The van der Waals surface area contributed by atoms with Crippen LogP contribution in [0.15, 0.2) is 60.4 Å². The number of rotatable bonds is 3. The van der Waals surface area contributed by atoms with Gasteiger partial charge < -0.3 is 20.4 Å². The number of carbonyl (C=O) groups is 1. The minimum Gasteiger partial charge on any atom is -0.508 e. The molecule has 0 saturated heterocycles. The van der Waals surface area contributed by atoms with Crippen LogP contribution in [0, 0.1) is 5.92 Å². The standard InChI is InChI=1S/C15H14O5/c16-12-5-1-10(2-6-12)14(18)8-4-11-3-7-13(17)9-15(11,19)20/h1-9,11,16-17,19-20H. The number of hydrogen-bond donors (Lipinski definition) is 4. The topological polar surface area (TPSA) is 98.0 Å². The second-order valence-electron chi connectivity index (χ2n) is 4.51. The van der Waals surface area contributed by atoms with Crippen molar-refractivity contribution in [2.45, 2.75) is 5.79 Å². The maximum atomic E-state index is 11.9. The summed E-state index contributed by atoms with van der Waals surface area (Å²) >= 11 is 0. The number of carbonyl (C=O) groups excluding carboxylic acids is 1. The SMILES string of the molecule is O=C(C=CC1C=CC(O)=CC1(O)O)c1ccc(O)cc1. The van der Waals surface area contributed by atoms with E-state index in [9.17, 15) is 20.1 Å². The molecule has 5 nitrogen and oxygen atoms in total. The van der Waals surface area contributed by atoms with Crippen LogP contribution in [0.3, 0.4) is 0 Å². The van der Waals surface area contributed by atoms with Gasteiger partial charge in [0.25, 0.3) is 0 Å². The van der Waals surface area contributed by atoms with Gasteiger partial charge in [-0.3, -0.25) is 4.79 Å². The van der Waals surface area contributed by atoms with E-state index in [1.807, 2.05) is 0 Å². The van der Waals surface area contributed by atoms with Crippen LogP contribution in [0.4, 0.5) is 0 Å². The minimum atomic E-state index is -2.23. The normalized spacial score (nSPS) is 20.9. The Morgan fingerprint density at radius 3 is 2.40 bits per heavy atom. The van der Waals surface area contributed by atoms with E-state index in [1.165, 1.54) is 48.6 Å². The molecular weight excluding hydrogens is 260 g/mol. The molecule has 5 heteroatoms. The first kappa shape index (κ1) is 14.0. The summed E-state index contributed by atoms with van der Waals surface area (Å²) < 4.78 is 0. The van der Waals surface area contributed by atoms with Crippen LogP contribution < -0.4 is 0 Å². The molecule has 2 rings (SSSR count). The number of aromatic hydroxyl groups is 1. The van der Waals surface area contributed by atoms with Gasteiger partial charge in [0.1, 0.15) is 11.5 Å². The Balaban J connectivity index is 2.12. The number of hydrogen-bond acceptors (Lipinski definition) is 5. The maximum absolute atomic E-state index is 11.9. The fourth-order valence-corrected chi connectivity index (χ4v) is 1.82. The summed E-state index contributed by atoms with van der Waals surface area (Å²) in [5, 5.41) is 37.7. The fraction of sp³-hybridized carbons (Fsp3) is 0.133. The lowest BCUT2D eigenvalue weighted by atomic mass is 9.92. The van der Waals surface area contributed by atoms with Gasteiger partial charge in [-0.25, -0.2) is 0 Å². The summed E-state index contributed by atoms with van der Waals surface area (Å²) in [6, 6.07) is 5.72. The molecule has 0 heterocycles. The zero-order valence-corrected chi connectivity index (χ0v) is 10.5. The van der Waals surface area contributed by atoms with Gasteiger partial charge >= 0.3 is 0 Å². The van der Waals surface area contributed by atoms with Gasteiger partial charge in [-0.2, -0.15) is 0 Å². The van der Waals surface area contributed by atoms with E-state index in [1.54, 1.807) is 0 Å². The van der Waals surface area contributed by atoms with Crippen molar-refractivity contribution >= 4 is 5.78 Å². The van der Waals surface area contributed by atoms with E-state index in [0.717, 1.165) is 6.08 Å². The van der Waals surface area contributed by atoms with Crippen LogP contribution in [0.25, 0.3) is 0 Å². The van der Waals surface area contributed by atoms with Gasteiger partial charge in [0.15, 0.2) is 11.6 Å². The van der Waals surface area contributed by atoms with Gasteiger partial charge in [-0.1, -0.05) is 12.2 Å². The number of allylic oxidation sites excluding steroid dienone is 2. The molecule has 1 atom stereocenters. The highest BCUT2D eigenvalue weighted by Gasteiger charge is 2.31. The zero-order valence-electron chi connectivity index (χ0n) is 10.5. The van der Waals surface area contributed by atoms with Crippen molar-refractivity contribution in [1.29, 1.82) is 0 Å². The van der Waals surface area contributed by atoms with Crippen molar-refractivity contribution in [3.05, 3.63) is 66.0 Å². The highest BCUT2D eigenvalue weighted by molar-refractivity contribution is 6.04. The van der Waals surface area contributed by atoms with Crippen molar-refractivity contribution in [3.8, 4) is 5.75 Å². The van der Waals surface area contributed by atoms with E-state index in [0.29, 0.717) is 5.56 Å². The Bertz CT molecular complexity index is 593. The van der Waals surface area contributed by atoms with Crippen molar-refractivity contribution in [2.75, 3.05) is 0 Å². The van der Waals surface area contributed by atoms with E-state index in [4.69, 9.17) is 5.11 Å². The van der Waals surface area contributed by atoms with Crippen LogP contribution >= 0.6 is 0 Å². The molecule has 0 amide bonds. The van der Waals surface area contributed by atoms with Crippen LogP contribution in [0.2, 0.25) is 0 Å². The van der Waals surface area contributed by atoms with E-state index in [2.05, 4.69) is 0 Å². The number of aliphatic hydroxyl groups is 3. The zero-order chi connectivity index (χ0) is 14.8. The largest absolute Gasteiger partial charge is 0.508 e. The molecule has 1 aromatic carbocycles. The van der Waals surface area contributed by atoms with Crippen LogP contribution in [-0.4, -0.2) is 32.0 Å². The van der Waals surface area contributed by atoms with Crippen LogP contribution in [0.5, 0.6) is 5.75 Å². The lowest BCUT2D eigenvalue weighted by Crippen LogP contribution is -2.35. The van der Waals surface area contributed by atoms with E-state index < -0.39 is 11.7 Å². The Kier molecular flexibility index (Phi) is 3.74.